The van der Waals surface area contributed by atoms with Gasteiger partial charge in [-0.3, -0.25) is 10.1 Å². The van der Waals surface area contributed by atoms with Crippen molar-refractivity contribution >= 4 is 16.6 Å². The highest BCUT2D eigenvalue weighted by Gasteiger charge is 2.21. The number of aromatic nitrogens is 1. The van der Waals surface area contributed by atoms with Crippen molar-refractivity contribution in [1.29, 1.82) is 0 Å². The van der Waals surface area contributed by atoms with E-state index < -0.39 is 0 Å². The minimum absolute atomic E-state index is 0.202. The Morgan fingerprint density at radius 2 is 2.18 bits per heavy atom. The van der Waals surface area contributed by atoms with E-state index in [4.69, 9.17) is 0 Å². The van der Waals surface area contributed by atoms with E-state index >= 15 is 0 Å². The molecule has 4 nitrogen and oxygen atoms in total. The van der Waals surface area contributed by atoms with E-state index in [9.17, 15) is 10.1 Å². The van der Waals surface area contributed by atoms with Gasteiger partial charge < -0.3 is 4.57 Å². The van der Waals surface area contributed by atoms with Crippen LogP contribution >= 0.6 is 0 Å². The number of aryl methyl sites for hydroxylation is 1. The topological polar surface area (TPSA) is 48.1 Å². The Bertz CT molecular complexity index is 570. The molecular weight excluding hydrogens is 216 g/mol. The molecule has 0 bridgehead atoms. The molecule has 1 aliphatic rings. The van der Waals surface area contributed by atoms with Crippen LogP contribution in [0.25, 0.3) is 10.9 Å². The summed E-state index contributed by atoms with van der Waals surface area (Å²) >= 11 is 0. The monoisotopic (exact) mass is 230 g/mol. The molecule has 88 valence electrons. The SMILES string of the molecule is O=[N+]([O-])c1cccc2c1ccn2CCC1CC1. The van der Waals surface area contributed by atoms with Gasteiger partial charge in [-0.25, -0.2) is 0 Å². The van der Waals surface area contributed by atoms with E-state index in [1.165, 1.54) is 19.3 Å². The fraction of sp³-hybridized carbons (Fsp3) is 0.385. The van der Waals surface area contributed by atoms with Gasteiger partial charge in [0.05, 0.1) is 15.8 Å². The largest absolute Gasteiger partial charge is 0.347 e. The standard InChI is InChI=1S/C13H14N2O2/c16-15(17)13-3-1-2-12-11(13)7-9-14(12)8-6-10-4-5-10/h1-3,7,9-10H,4-6,8H2. The molecule has 1 saturated carbocycles. The highest BCUT2D eigenvalue weighted by molar-refractivity contribution is 5.89. The van der Waals surface area contributed by atoms with E-state index in [0.29, 0.717) is 0 Å². The summed E-state index contributed by atoms with van der Waals surface area (Å²) in [5, 5.41) is 11.6. The maximum absolute atomic E-state index is 10.9. The number of non-ortho nitro benzene ring substituents is 1. The van der Waals surface area contributed by atoms with Crippen LogP contribution in [0.5, 0.6) is 0 Å². The number of benzene rings is 1. The lowest BCUT2D eigenvalue weighted by molar-refractivity contribution is -0.383. The average Bonchev–Trinajstić information content (AvgIpc) is 3.06. The minimum atomic E-state index is -0.312. The fourth-order valence-corrected chi connectivity index (χ4v) is 2.29. The Labute approximate surface area is 99.0 Å². The van der Waals surface area contributed by atoms with E-state index in [0.717, 1.165) is 23.4 Å². The van der Waals surface area contributed by atoms with Crippen LogP contribution in [-0.4, -0.2) is 9.49 Å². The van der Waals surface area contributed by atoms with Gasteiger partial charge in [-0.2, -0.15) is 0 Å². The molecule has 0 saturated heterocycles. The first-order valence-corrected chi connectivity index (χ1v) is 5.98. The maximum Gasteiger partial charge on any atom is 0.278 e. The highest BCUT2D eigenvalue weighted by Crippen LogP contribution is 2.33. The van der Waals surface area contributed by atoms with Gasteiger partial charge >= 0.3 is 0 Å². The van der Waals surface area contributed by atoms with Crippen molar-refractivity contribution < 1.29 is 4.92 Å². The van der Waals surface area contributed by atoms with E-state index in [-0.39, 0.29) is 10.6 Å². The van der Waals surface area contributed by atoms with Crippen LogP contribution in [0, 0.1) is 16.0 Å². The summed E-state index contributed by atoms with van der Waals surface area (Å²) in [5.74, 6) is 0.881. The highest BCUT2D eigenvalue weighted by atomic mass is 16.6. The third-order valence-corrected chi connectivity index (χ3v) is 3.46. The van der Waals surface area contributed by atoms with Crippen molar-refractivity contribution in [2.45, 2.75) is 25.8 Å². The molecule has 0 amide bonds. The molecule has 0 N–H and O–H groups in total. The first-order chi connectivity index (χ1) is 8.25. The van der Waals surface area contributed by atoms with Gasteiger partial charge in [0.15, 0.2) is 0 Å². The summed E-state index contributed by atoms with van der Waals surface area (Å²) in [6.07, 6.45) is 5.84. The predicted molar refractivity (Wildman–Crippen MR) is 65.9 cm³/mol. The fourth-order valence-electron chi connectivity index (χ4n) is 2.29. The summed E-state index contributed by atoms with van der Waals surface area (Å²) in [7, 11) is 0. The summed E-state index contributed by atoms with van der Waals surface area (Å²) in [4.78, 5) is 10.6. The number of nitro groups is 1. The summed E-state index contributed by atoms with van der Waals surface area (Å²) in [6.45, 7) is 0.968. The zero-order chi connectivity index (χ0) is 11.8. The smallest absolute Gasteiger partial charge is 0.278 e. The van der Waals surface area contributed by atoms with Crippen molar-refractivity contribution in [1.82, 2.24) is 4.57 Å². The zero-order valence-electron chi connectivity index (χ0n) is 9.50. The Hall–Kier alpha value is -1.84. The normalized spacial score (nSPS) is 15.3. The first-order valence-electron chi connectivity index (χ1n) is 5.98. The minimum Gasteiger partial charge on any atom is -0.347 e. The quantitative estimate of drug-likeness (QED) is 0.597. The second-order valence-electron chi connectivity index (χ2n) is 4.71. The Balaban J connectivity index is 1.96. The van der Waals surface area contributed by atoms with Crippen LogP contribution in [0.2, 0.25) is 0 Å². The van der Waals surface area contributed by atoms with Crippen molar-refractivity contribution in [3.05, 3.63) is 40.6 Å². The Morgan fingerprint density at radius 3 is 2.88 bits per heavy atom. The maximum atomic E-state index is 10.9. The van der Waals surface area contributed by atoms with Crippen LogP contribution in [-0.2, 0) is 6.54 Å². The molecule has 4 heteroatoms. The van der Waals surface area contributed by atoms with Gasteiger partial charge in [-0.1, -0.05) is 18.9 Å². The van der Waals surface area contributed by atoms with Crippen LogP contribution in [0.1, 0.15) is 19.3 Å². The van der Waals surface area contributed by atoms with Crippen molar-refractivity contribution in [3.8, 4) is 0 Å². The van der Waals surface area contributed by atoms with Gasteiger partial charge in [0, 0.05) is 18.8 Å². The molecule has 3 rings (SSSR count). The molecule has 1 aromatic heterocycles. The van der Waals surface area contributed by atoms with E-state index in [2.05, 4.69) is 4.57 Å². The number of rotatable bonds is 4. The van der Waals surface area contributed by atoms with Gasteiger partial charge in [-0.15, -0.1) is 0 Å². The van der Waals surface area contributed by atoms with Crippen LogP contribution in [0.3, 0.4) is 0 Å². The Kier molecular flexibility index (Phi) is 2.35. The molecule has 1 fully saturated rings. The zero-order valence-corrected chi connectivity index (χ0v) is 9.50. The van der Waals surface area contributed by atoms with Gasteiger partial charge in [0.25, 0.3) is 5.69 Å². The van der Waals surface area contributed by atoms with Crippen molar-refractivity contribution in [3.63, 3.8) is 0 Å². The summed E-state index contributed by atoms with van der Waals surface area (Å²) in [6, 6.07) is 7.12. The van der Waals surface area contributed by atoms with Gasteiger partial charge in [-0.05, 0) is 24.5 Å². The average molecular weight is 230 g/mol. The van der Waals surface area contributed by atoms with Crippen LogP contribution in [0.4, 0.5) is 5.69 Å². The van der Waals surface area contributed by atoms with E-state index in [1.807, 2.05) is 18.3 Å². The van der Waals surface area contributed by atoms with E-state index in [1.54, 1.807) is 12.1 Å². The molecule has 2 aromatic rings. The molecule has 0 unspecified atom stereocenters. The molecule has 0 aliphatic heterocycles. The predicted octanol–water partition coefficient (Wildman–Crippen LogP) is 3.35. The molecule has 1 heterocycles. The number of fused-ring (bicyclic) bond motifs is 1. The molecule has 17 heavy (non-hydrogen) atoms. The second-order valence-corrected chi connectivity index (χ2v) is 4.71. The lowest BCUT2D eigenvalue weighted by Gasteiger charge is -2.04. The molecule has 1 aromatic carbocycles. The lowest BCUT2D eigenvalue weighted by Crippen LogP contribution is -1.97. The number of hydrogen-bond acceptors (Lipinski definition) is 2. The number of nitro benzene ring substituents is 1. The number of hydrogen-bond donors (Lipinski definition) is 0. The van der Waals surface area contributed by atoms with Crippen LogP contribution in [0.15, 0.2) is 30.5 Å². The number of nitrogens with zero attached hydrogens (tertiary/aromatic N) is 2. The molecule has 1 aliphatic carbocycles. The van der Waals surface area contributed by atoms with Crippen molar-refractivity contribution in [2.24, 2.45) is 5.92 Å². The third kappa shape index (κ3) is 1.90. The van der Waals surface area contributed by atoms with Crippen LogP contribution < -0.4 is 0 Å². The molecular formula is C13H14N2O2. The van der Waals surface area contributed by atoms with Gasteiger partial charge in [0.1, 0.15) is 0 Å². The molecule has 0 atom stereocenters. The van der Waals surface area contributed by atoms with Gasteiger partial charge in [0.2, 0.25) is 0 Å². The lowest BCUT2D eigenvalue weighted by atomic mass is 10.2. The first kappa shape index (κ1) is 10.3. The second kappa shape index (κ2) is 3.87. The third-order valence-electron chi connectivity index (χ3n) is 3.46. The molecule has 0 radical (unpaired) electrons. The molecule has 0 spiro atoms. The summed E-state index contributed by atoms with van der Waals surface area (Å²) < 4.78 is 2.13. The van der Waals surface area contributed by atoms with Crippen molar-refractivity contribution in [2.75, 3.05) is 0 Å². The summed E-state index contributed by atoms with van der Waals surface area (Å²) in [5.41, 5.74) is 1.17. The Morgan fingerprint density at radius 1 is 1.35 bits per heavy atom.